The molecular formula is C19H23ClN2O6S. The van der Waals surface area contributed by atoms with Crippen molar-refractivity contribution in [2.75, 3.05) is 13.1 Å². The Morgan fingerprint density at radius 2 is 1.97 bits per heavy atom. The number of halogens is 1. The number of carboxylic acids is 1. The van der Waals surface area contributed by atoms with Crippen molar-refractivity contribution in [1.29, 1.82) is 0 Å². The molecule has 2 atom stereocenters. The van der Waals surface area contributed by atoms with E-state index in [1.807, 2.05) is 0 Å². The van der Waals surface area contributed by atoms with Gasteiger partial charge >= 0.3 is 5.97 Å². The van der Waals surface area contributed by atoms with Gasteiger partial charge in [-0.25, -0.2) is 13.2 Å². The second-order valence-electron chi connectivity index (χ2n) is 6.69. The van der Waals surface area contributed by atoms with Crippen molar-refractivity contribution in [3.63, 3.8) is 0 Å². The van der Waals surface area contributed by atoms with Crippen LogP contribution >= 0.6 is 11.6 Å². The number of carbonyl (C=O) groups is 3. The lowest BCUT2D eigenvalue weighted by atomic mass is 10.2. The van der Waals surface area contributed by atoms with Gasteiger partial charge in [-0.05, 0) is 37.1 Å². The number of amides is 1. The highest BCUT2D eigenvalue weighted by Gasteiger charge is 2.43. The summed E-state index contributed by atoms with van der Waals surface area (Å²) in [6.45, 7) is 2.62. The van der Waals surface area contributed by atoms with Gasteiger partial charge in [0.25, 0.3) is 0 Å². The number of carboxylic acid groups (broad SMARTS) is 1. The van der Waals surface area contributed by atoms with E-state index in [4.69, 9.17) is 16.7 Å². The number of sulfonamides is 1. The maximum atomic E-state index is 12.9. The summed E-state index contributed by atoms with van der Waals surface area (Å²) >= 11 is 5.82. The number of aliphatic carboxylic acids is 1. The van der Waals surface area contributed by atoms with E-state index >= 15 is 0 Å². The molecule has 10 heteroatoms. The predicted octanol–water partition coefficient (Wildman–Crippen LogP) is 2.00. The molecule has 0 bridgehead atoms. The minimum atomic E-state index is -4.12. The van der Waals surface area contributed by atoms with Gasteiger partial charge in [-0.2, -0.15) is 4.31 Å². The van der Waals surface area contributed by atoms with Crippen molar-refractivity contribution in [2.45, 2.75) is 38.8 Å². The van der Waals surface area contributed by atoms with E-state index in [1.54, 1.807) is 31.2 Å². The van der Waals surface area contributed by atoms with Crippen molar-refractivity contribution in [3.8, 4) is 0 Å². The van der Waals surface area contributed by atoms with E-state index in [0.717, 1.165) is 14.6 Å². The van der Waals surface area contributed by atoms with Gasteiger partial charge in [0.05, 0.1) is 6.54 Å². The van der Waals surface area contributed by atoms with Crippen molar-refractivity contribution in [1.82, 2.24) is 9.21 Å². The second kappa shape index (κ2) is 9.51. The van der Waals surface area contributed by atoms with Crippen LogP contribution in [-0.4, -0.2) is 65.6 Å². The Kier molecular flexibility index (Phi) is 7.56. The molecule has 0 spiro atoms. The van der Waals surface area contributed by atoms with Crippen LogP contribution in [0.2, 0.25) is 5.02 Å². The lowest BCUT2D eigenvalue weighted by Crippen LogP contribution is -2.49. The Morgan fingerprint density at radius 1 is 1.34 bits per heavy atom. The molecule has 8 nitrogen and oxygen atoms in total. The van der Waals surface area contributed by atoms with Crippen LogP contribution in [0.3, 0.4) is 0 Å². The van der Waals surface area contributed by atoms with E-state index < -0.39 is 40.5 Å². The molecule has 1 amide bonds. The van der Waals surface area contributed by atoms with Gasteiger partial charge < -0.3 is 10.0 Å². The number of hydrogen-bond acceptors (Lipinski definition) is 5. The lowest BCUT2D eigenvalue weighted by Gasteiger charge is -2.26. The molecule has 0 radical (unpaired) electrons. The minimum absolute atomic E-state index is 0.101. The van der Waals surface area contributed by atoms with Crippen molar-refractivity contribution in [3.05, 3.63) is 40.3 Å². The summed E-state index contributed by atoms with van der Waals surface area (Å²) in [6, 6.07) is 4.28. The Morgan fingerprint density at radius 3 is 2.52 bits per heavy atom. The van der Waals surface area contributed by atoms with Crippen molar-refractivity contribution >= 4 is 45.4 Å². The number of nitrogens with zero attached hydrogens (tertiary/aromatic N) is 2. The highest BCUT2D eigenvalue weighted by atomic mass is 35.5. The van der Waals surface area contributed by atoms with Gasteiger partial charge in [0, 0.05) is 23.4 Å². The molecule has 1 aliphatic rings. The molecule has 1 aliphatic heterocycles. The maximum Gasteiger partial charge on any atom is 0.326 e. The van der Waals surface area contributed by atoms with Gasteiger partial charge in [-0.3, -0.25) is 9.59 Å². The van der Waals surface area contributed by atoms with E-state index in [2.05, 4.69) is 0 Å². The first-order valence-electron chi connectivity index (χ1n) is 9.07. The first kappa shape index (κ1) is 23.1. The molecule has 2 rings (SSSR count). The fraction of sp³-hybridized carbons (Fsp3) is 0.421. The molecule has 1 fully saturated rings. The highest BCUT2D eigenvalue weighted by Crippen LogP contribution is 2.24. The van der Waals surface area contributed by atoms with Crippen LogP contribution < -0.4 is 0 Å². The molecule has 1 aromatic rings. The van der Waals surface area contributed by atoms with Crippen LogP contribution in [-0.2, 0) is 24.4 Å². The molecule has 0 saturated carbocycles. The molecule has 29 heavy (non-hydrogen) atoms. The third-order valence-corrected chi connectivity index (χ3v) is 6.51. The number of rotatable bonds is 9. The zero-order valence-corrected chi connectivity index (χ0v) is 17.7. The Balaban J connectivity index is 2.32. The van der Waals surface area contributed by atoms with Gasteiger partial charge in [0.15, 0.2) is 0 Å². The molecule has 0 unspecified atom stereocenters. The molecule has 1 heterocycles. The van der Waals surface area contributed by atoms with Crippen LogP contribution in [0.1, 0.15) is 32.3 Å². The number of hydrogen-bond donors (Lipinski definition) is 1. The number of ketones is 1. The zero-order valence-electron chi connectivity index (χ0n) is 16.1. The van der Waals surface area contributed by atoms with Crippen LogP contribution in [0.25, 0.3) is 6.08 Å². The summed E-state index contributed by atoms with van der Waals surface area (Å²) in [7, 11) is -4.12. The zero-order chi connectivity index (χ0) is 21.8. The third-order valence-electron chi connectivity index (χ3n) is 4.74. The standard InChI is InChI=1S/C19H23ClN2O6S/c1-3-16(23)12-22(17-8-10-21(18(17)24)13(2)19(25)26)29(27,28)11-9-14-4-6-15(20)7-5-14/h4-7,9,11,13,17H,3,8,10,12H2,1-2H3,(H,25,26)/t13-,17-/m0/s1. The molecule has 1 saturated heterocycles. The molecule has 158 valence electrons. The second-order valence-corrected chi connectivity index (χ2v) is 8.89. The summed E-state index contributed by atoms with van der Waals surface area (Å²) < 4.78 is 26.7. The highest BCUT2D eigenvalue weighted by molar-refractivity contribution is 7.92. The van der Waals surface area contributed by atoms with E-state index in [-0.39, 0.29) is 25.2 Å². The molecular weight excluding hydrogens is 420 g/mol. The van der Waals surface area contributed by atoms with Gasteiger partial charge in [0.1, 0.15) is 17.9 Å². The monoisotopic (exact) mass is 442 g/mol. The van der Waals surface area contributed by atoms with E-state index in [1.165, 1.54) is 13.0 Å². The molecule has 1 aromatic carbocycles. The average Bonchev–Trinajstić information content (AvgIpc) is 3.05. The van der Waals surface area contributed by atoms with Crippen molar-refractivity contribution in [2.24, 2.45) is 0 Å². The van der Waals surface area contributed by atoms with Crippen LogP contribution in [0.5, 0.6) is 0 Å². The average molecular weight is 443 g/mol. The molecule has 0 aromatic heterocycles. The number of benzene rings is 1. The Labute approximate surface area is 174 Å². The topological polar surface area (TPSA) is 112 Å². The quantitative estimate of drug-likeness (QED) is 0.625. The fourth-order valence-corrected chi connectivity index (χ4v) is 4.44. The number of carbonyl (C=O) groups excluding carboxylic acids is 2. The molecule has 0 aliphatic carbocycles. The fourth-order valence-electron chi connectivity index (χ4n) is 2.95. The van der Waals surface area contributed by atoms with E-state index in [9.17, 15) is 22.8 Å². The summed E-state index contributed by atoms with van der Waals surface area (Å²) in [5.74, 6) is -2.14. The summed E-state index contributed by atoms with van der Waals surface area (Å²) in [6.07, 6.45) is 1.58. The van der Waals surface area contributed by atoms with Crippen LogP contribution in [0.4, 0.5) is 0 Å². The number of likely N-dealkylation sites (tertiary alicyclic amines) is 1. The third kappa shape index (κ3) is 5.65. The first-order valence-corrected chi connectivity index (χ1v) is 11.0. The lowest BCUT2D eigenvalue weighted by molar-refractivity contribution is -0.148. The van der Waals surface area contributed by atoms with Gasteiger partial charge in [0.2, 0.25) is 15.9 Å². The number of Topliss-reactive ketones (excluding diaryl/α,β-unsaturated/α-hetero) is 1. The summed E-state index contributed by atoms with van der Waals surface area (Å²) in [5, 5.41) is 10.6. The summed E-state index contributed by atoms with van der Waals surface area (Å²) in [4.78, 5) is 37.1. The Hall–Kier alpha value is -2.23. The predicted molar refractivity (Wildman–Crippen MR) is 109 cm³/mol. The SMILES string of the molecule is CCC(=O)CN([C@H]1CCN([C@@H](C)C(=O)O)C1=O)S(=O)(=O)C=Cc1ccc(Cl)cc1. The minimum Gasteiger partial charge on any atom is -0.480 e. The first-order chi connectivity index (χ1) is 13.6. The van der Waals surface area contributed by atoms with Gasteiger partial charge in [-0.1, -0.05) is 30.7 Å². The summed E-state index contributed by atoms with van der Waals surface area (Å²) in [5.41, 5.74) is 0.582. The Bertz CT molecular complexity index is 913. The van der Waals surface area contributed by atoms with E-state index in [0.29, 0.717) is 10.6 Å². The van der Waals surface area contributed by atoms with Crippen LogP contribution in [0, 0.1) is 0 Å². The van der Waals surface area contributed by atoms with Crippen LogP contribution in [0.15, 0.2) is 29.7 Å². The van der Waals surface area contributed by atoms with Crippen molar-refractivity contribution < 1.29 is 27.9 Å². The largest absolute Gasteiger partial charge is 0.480 e. The van der Waals surface area contributed by atoms with Gasteiger partial charge in [-0.15, -0.1) is 0 Å². The normalized spacial score (nSPS) is 18.6. The smallest absolute Gasteiger partial charge is 0.326 e. The maximum absolute atomic E-state index is 12.9. The molecule has 1 N–H and O–H groups in total.